The number of carbonyl (C=O) groups is 2. The molecule has 0 saturated heterocycles. The number of aliphatic imine (C=N–C) groups is 1. The minimum absolute atomic E-state index is 0.0837. The monoisotopic (exact) mass is 433 g/mol. The first kappa shape index (κ1) is 20.4. The van der Waals surface area contributed by atoms with Gasteiger partial charge < -0.3 is 9.84 Å². The van der Waals surface area contributed by atoms with Crippen LogP contribution in [0.15, 0.2) is 57.6 Å². The third-order valence-corrected chi connectivity index (χ3v) is 6.01. The molecule has 1 aliphatic heterocycles. The molecule has 2 heterocycles. The van der Waals surface area contributed by atoms with Crippen LogP contribution in [-0.4, -0.2) is 28.6 Å². The highest BCUT2D eigenvalue weighted by Gasteiger charge is 2.34. The maximum atomic E-state index is 12.6. The highest BCUT2D eigenvalue weighted by molar-refractivity contribution is 8.18. The van der Waals surface area contributed by atoms with Gasteiger partial charge in [0.1, 0.15) is 16.4 Å². The van der Waals surface area contributed by atoms with E-state index in [2.05, 4.69) is 4.99 Å². The minimum Gasteiger partial charge on any atom is -0.506 e. The lowest BCUT2D eigenvalue weighted by atomic mass is 10.2. The van der Waals surface area contributed by atoms with E-state index in [9.17, 15) is 14.7 Å². The smallest absolute Gasteiger partial charge is 0.344 e. The van der Waals surface area contributed by atoms with Crippen molar-refractivity contribution in [3.63, 3.8) is 0 Å². The number of rotatable bonds is 4. The number of benzene rings is 1. The predicted molar refractivity (Wildman–Crippen MR) is 114 cm³/mol. The lowest BCUT2D eigenvalue weighted by Crippen LogP contribution is -2.14. The van der Waals surface area contributed by atoms with Crippen molar-refractivity contribution >= 4 is 57.7 Å². The van der Waals surface area contributed by atoms with Crippen molar-refractivity contribution in [2.24, 2.45) is 4.99 Å². The fourth-order valence-corrected chi connectivity index (χ4v) is 4.55. The number of aryl methyl sites for hydroxylation is 1. The summed E-state index contributed by atoms with van der Waals surface area (Å²) in [4.78, 5) is 31.4. The number of hydrogen-bond donors (Lipinski definition) is 1. The Morgan fingerprint density at radius 1 is 1.25 bits per heavy atom. The van der Waals surface area contributed by atoms with Crippen LogP contribution in [0.3, 0.4) is 0 Å². The van der Waals surface area contributed by atoms with Crippen LogP contribution in [0.25, 0.3) is 6.08 Å². The number of carbonyl (C=O) groups excluding carboxylic acids is 2. The summed E-state index contributed by atoms with van der Waals surface area (Å²) in [6.07, 6.45) is 1.75. The second-order valence-electron chi connectivity index (χ2n) is 5.71. The third kappa shape index (κ3) is 4.38. The van der Waals surface area contributed by atoms with Crippen LogP contribution in [0.1, 0.15) is 27.0 Å². The Bertz CT molecular complexity index is 1040. The fourth-order valence-electron chi connectivity index (χ4n) is 2.44. The first-order valence-electron chi connectivity index (χ1n) is 8.35. The van der Waals surface area contributed by atoms with E-state index in [1.54, 1.807) is 48.6 Å². The summed E-state index contributed by atoms with van der Waals surface area (Å²) < 4.78 is 5.03. The van der Waals surface area contributed by atoms with Gasteiger partial charge in [-0.2, -0.15) is 0 Å². The Labute approximate surface area is 175 Å². The number of aliphatic hydroxyl groups excluding tert-OH is 1. The number of ether oxygens (including phenoxy) is 1. The standard InChI is InChI=1S/C20H16ClNO4S2/c1-3-26-20(25)16-17(23)15(10-12-9-8-11(2)27-12)28-19(16)22-18(24)13-6-4-5-7-14(13)21/h4-10,23H,3H2,1-2H3. The van der Waals surface area contributed by atoms with E-state index in [0.29, 0.717) is 4.91 Å². The van der Waals surface area contributed by atoms with Crippen molar-refractivity contribution in [2.75, 3.05) is 6.61 Å². The Balaban J connectivity index is 2.02. The molecule has 1 aromatic carbocycles. The van der Waals surface area contributed by atoms with Crippen molar-refractivity contribution in [3.05, 3.63) is 73.0 Å². The third-order valence-electron chi connectivity index (χ3n) is 3.71. The average Bonchev–Trinajstić information content (AvgIpc) is 3.19. The summed E-state index contributed by atoms with van der Waals surface area (Å²) >= 11 is 8.65. The second-order valence-corrected chi connectivity index (χ2v) is 8.46. The summed E-state index contributed by atoms with van der Waals surface area (Å²) in [5.74, 6) is -1.58. The largest absolute Gasteiger partial charge is 0.506 e. The Morgan fingerprint density at radius 2 is 2.00 bits per heavy atom. The predicted octanol–water partition coefficient (Wildman–Crippen LogP) is 5.41. The van der Waals surface area contributed by atoms with E-state index >= 15 is 0 Å². The number of hydrogen-bond acceptors (Lipinski definition) is 6. The van der Waals surface area contributed by atoms with Crippen LogP contribution < -0.4 is 0 Å². The van der Waals surface area contributed by atoms with Gasteiger partial charge in [0.05, 0.1) is 22.1 Å². The van der Waals surface area contributed by atoms with E-state index in [4.69, 9.17) is 16.3 Å². The molecule has 1 N–H and O–H groups in total. The molecular weight excluding hydrogens is 418 g/mol. The van der Waals surface area contributed by atoms with Crippen molar-refractivity contribution in [3.8, 4) is 0 Å². The SMILES string of the molecule is CCOC(=O)C1=C(O)C(=Cc2ccc(C)s2)SC1=NC(=O)c1ccccc1Cl. The molecule has 28 heavy (non-hydrogen) atoms. The van der Waals surface area contributed by atoms with Crippen LogP contribution >= 0.6 is 34.7 Å². The lowest BCUT2D eigenvalue weighted by molar-refractivity contribution is -0.138. The number of nitrogens with zero attached hydrogens (tertiary/aromatic N) is 1. The molecule has 1 aromatic heterocycles. The van der Waals surface area contributed by atoms with Crippen molar-refractivity contribution in [1.29, 1.82) is 0 Å². The topological polar surface area (TPSA) is 76.0 Å². The number of thioether (sulfide) groups is 1. The van der Waals surface area contributed by atoms with Gasteiger partial charge >= 0.3 is 5.97 Å². The van der Waals surface area contributed by atoms with E-state index in [1.807, 2.05) is 19.1 Å². The van der Waals surface area contributed by atoms with Gasteiger partial charge in [0.25, 0.3) is 5.91 Å². The van der Waals surface area contributed by atoms with Crippen molar-refractivity contribution in [2.45, 2.75) is 13.8 Å². The number of halogens is 1. The quantitative estimate of drug-likeness (QED) is 0.652. The molecule has 144 valence electrons. The molecule has 5 nitrogen and oxygen atoms in total. The van der Waals surface area contributed by atoms with Crippen LogP contribution in [0.2, 0.25) is 5.02 Å². The molecule has 0 bridgehead atoms. The average molecular weight is 434 g/mol. The van der Waals surface area contributed by atoms with Gasteiger partial charge in [-0.3, -0.25) is 4.79 Å². The highest BCUT2D eigenvalue weighted by atomic mass is 35.5. The normalized spacial score (nSPS) is 16.8. The first-order valence-corrected chi connectivity index (χ1v) is 10.4. The van der Waals surface area contributed by atoms with Gasteiger partial charge in [-0.25, -0.2) is 9.79 Å². The molecule has 1 amide bonds. The number of aliphatic hydroxyl groups is 1. The highest BCUT2D eigenvalue weighted by Crippen LogP contribution is 2.40. The minimum atomic E-state index is -0.732. The molecule has 0 unspecified atom stereocenters. The van der Waals surface area contributed by atoms with Gasteiger partial charge in [-0.05, 0) is 44.2 Å². The maximum Gasteiger partial charge on any atom is 0.344 e. The molecule has 0 atom stereocenters. The summed E-state index contributed by atoms with van der Waals surface area (Å²) in [5.41, 5.74) is 0.0954. The molecule has 0 spiro atoms. The maximum absolute atomic E-state index is 12.6. The number of esters is 1. The van der Waals surface area contributed by atoms with Crippen LogP contribution in [-0.2, 0) is 9.53 Å². The van der Waals surface area contributed by atoms with Crippen LogP contribution in [0.5, 0.6) is 0 Å². The van der Waals surface area contributed by atoms with Gasteiger partial charge in [0, 0.05) is 9.75 Å². The fraction of sp³-hybridized carbons (Fsp3) is 0.150. The lowest BCUT2D eigenvalue weighted by Gasteiger charge is -2.04. The molecule has 0 aliphatic carbocycles. The second kappa shape index (κ2) is 8.77. The van der Waals surface area contributed by atoms with E-state index in [-0.39, 0.29) is 33.6 Å². The molecule has 2 aromatic rings. The summed E-state index contributed by atoms with van der Waals surface area (Å²) in [7, 11) is 0. The number of thiophene rings is 1. The first-order chi connectivity index (χ1) is 13.4. The molecule has 3 rings (SSSR count). The molecular formula is C20H16ClNO4S2. The summed E-state index contributed by atoms with van der Waals surface area (Å²) in [6, 6.07) is 10.4. The molecule has 8 heteroatoms. The van der Waals surface area contributed by atoms with Crippen molar-refractivity contribution in [1.82, 2.24) is 0 Å². The zero-order chi connectivity index (χ0) is 20.3. The molecule has 0 radical (unpaired) electrons. The van der Waals surface area contributed by atoms with Gasteiger partial charge in [-0.1, -0.05) is 35.5 Å². The molecule has 1 aliphatic rings. The summed E-state index contributed by atoms with van der Waals surface area (Å²) in [5, 5.41) is 10.9. The Hall–Kier alpha value is -2.35. The van der Waals surface area contributed by atoms with Crippen molar-refractivity contribution < 1.29 is 19.4 Å². The zero-order valence-corrected chi connectivity index (χ0v) is 17.5. The summed E-state index contributed by atoms with van der Waals surface area (Å²) in [6.45, 7) is 3.77. The Morgan fingerprint density at radius 3 is 2.64 bits per heavy atom. The van der Waals surface area contributed by atoms with E-state index in [1.165, 1.54) is 0 Å². The van der Waals surface area contributed by atoms with Gasteiger partial charge in [0.15, 0.2) is 0 Å². The van der Waals surface area contributed by atoms with E-state index in [0.717, 1.165) is 21.5 Å². The Kier molecular flexibility index (Phi) is 6.39. The van der Waals surface area contributed by atoms with Gasteiger partial charge in [-0.15, -0.1) is 11.3 Å². The molecule has 0 saturated carbocycles. The van der Waals surface area contributed by atoms with Gasteiger partial charge in [0.2, 0.25) is 0 Å². The zero-order valence-electron chi connectivity index (χ0n) is 15.1. The molecule has 0 fully saturated rings. The number of amides is 1. The van der Waals surface area contributed by atoms with Crippen LogP contribution in [0, 0.1) is 6.92 Å². The van der Waals surface area contributed by atoms with Crippen LogP contribution in [0.4, 0.5) is 0 Å². The van der Waals surface area contributed by atoms with E-state index < -0.39 is 11.9 Å².